The predicted molar refractivity (Wildman–Crippen MR) is 84.0 cm³/mol. The van der Waals surface area contributed by atoms with Crippen LogP contribution in [0, 0.1) is 11.8 Å². The second-order valence-corrected chi connectivity index (χ2v) is 6.07. The largest absolute Gasteiger partial charge is 0.399 e. The van der Waals surface area contributed by atoms with Gasteiger partial charge in [0.2, 0.25) is 0 Å². The van der Waals surface area contributed by atoms with Gasteiger partial charge < -0.3 is 16.0 Å². The molecular formula is C16H25N3O. The number of piperidine rings is 1. The number of rotatable bonds is 2. The third-order valence-electron chi connectivity index (χ3n) is 4.40. The van der Waals surface area contributed by atoms with Crippen LogP contribution in [-0.4, -0.2) is 25.5 Å². The van der Waals surface area contributed by atoms with Gasteiger partial charge in [-0.2, -0.15) is 0 Å². The molecule has 1 heterocycles. The van der Waals surface area contributed by atoms with Gasteiger partial charge in [-0.25, -0.2) is 0 Å². The van der Waals surface area contributed by atoms with Gasteiger partial charge in [-0.15, -0.1) is 0 Å². The molecular weight excluding hydrogens is 250 g/mol. The van der Waals surface area contributed by atoms with Crippen molar-refractivity contribution in [3.8, 4) is 0 Å². The molecule has 1 aromatic carbocycles. The smallest absolute Gasteiger partial charge is 0.253 e. The van der Waals surface area contributed by atoms with E-state index in [-0.39, 0.29) is 5.91 Å². The van der Waals surface area contributed by atoms with E-state index in [9.17, 15) is 4.79 Å². The standard InChI is InChI=1S/C16H25N3O/c1-10-7-11(2)12(3)19(9-10)15-8-13(17)5-6-14(15)16(20)18-4/h5-6,8,10-12H,7,9,17H2,1-4H3,(H,18,20). The molecule has 4 heteroatoms. The Hall–Kier alpha value is -1.71. The summed E-state index contributed by atoms with van der Waals surface area (Å²) in [6.07, 6.45) is 1.23. The number of nitrogens with two attached hydrogens (primary N) is 1. The second kappa shape index (κ2) is 5.73. The Morgan fingerprint density at radius 3 is 2.70 bits per heavy atom. The van der Waals surface area contributed by atoms with E-state index in [1.165, 1.54) is 6.42 Å². The molecule has 1 fully saturated rings. The lowest BCUT2D eigenvalue weighted by Gasteiger charge is -2.43. The lowest BCUT2D eigenvalue weighted by atomic mass is 9.85. The highest BCUT2D eigenvalue weighted by molar-refractivity contribution is 6.00. The Kier molecular flexibility index (Phi) is 4.21. The number of anilines is 2. The van der Waals surface area contributed by atoms with Crippen molar-refractivity contribution in [2.75, 3.05) is 24.2 Å². The summed E-state index contributed by atoms with van der Waals surface area (Å²) in [5, 5.41) is 2.71. The molecule has 1 amide bonds. The molecule has 0 bridgehead atoms. The van der Waals surface area contributed by atoms with Gasteiger partial charge in [-0.1, -0.05) is 13.8 Å². The molecule has 0 spiro atoms. The lowest BCUT2D eigenvalue weighted by Crippen LogP contribution is -2.46. The fourth-order valence-corrected chi connectivity index (χ4v) is 3.15. The molecule has 3 atom stereocenters. The summed E-state index contributed by atoms with van der Waals surface area (Å²) < 4.78 is 0. The zero-order valence-corrected chi connectivity index (χ0v) is 12.8. The van der Waals surface area contributed by atoms with Crippen LogP contribution < -0.4 is 16.0 Å². The first-order valence-electron chi connectivity index (χ1n) is 7.32. The maximum absolute atomic E-state index is 12.1. The summed E-state index contributed by atoms with van der Waals surface area (Å²) >= 11 is 0. The minimum absolute atomic E-state index is 0.0573. The summed E-state index contributed by atoms with van der Waals surface area (Å²) in [6.45, 7) is 7.74. The zero-order chi connectivity index (χ0) is 14.9. The van der Waals surface area contributed by atoms with E-state index in [0.717, 1.165) is 12.2 Å². The van der Waals surface area contributed by atoms with Crippen molar-refractivity contribution in [3.63, 3.8) is 0 Å². The molecule has 0 aromatic heterocycles. The van der Waals surface area contributed by atoms with Crippen molar-refractivity contribution in [3.05, 3.63) is 23.8 Å². The number of nitrogen functional groups attached to an aromatic ring is 1. The SMILES string of the molecule is CNC(=O)c1ccc(N)cc1N1CC(C)CC(C)C1C. The first-order valence-corrected chi connectivity index (χ1v) is 7.32. The molecule has 0 radical (unpaired) electrons. The molecule has 1 aromatic rings. The quantitative estimate of drug-likeness (QED) is 0.815. The van der Waals surface area contributed by atoms with Crippen molar-refractivity contribution < 1.29 is 4.79 Å². The number of amides is 1. The molecule has 110 valence electrons. The molecule has 1 aliphatic heterocycles. The van der Waals surface area contributed by atoms with Crippen molar-refractivity contribution in [2.45, 2.75) is 33.2 Å². The highest BCUT2D eigenvalue weighted by Crippen LogP contribution is 2.34. The van der Waals surface area contributed by atoms with Gasteiger partial charge in [0.1, 0.15) is 0 Å². The third-order valence-corrected chi connectivity index (χ3v) is 4.40. The fraction of sp³-hybridized carbons (Fsp3) is 0.562. The summed E-state index contributed by atoms with van der Waals surface area (Å²) in [6, 6.07) is 5.94. The zero-order valence-electron chi connectivity index (χ0n) is 12.8. The van der Waals surface area contributed by atoms with E-state index in [4.69, 9.17) is 5.73 Å². The first kappa shape index (κ1) is 14.7. The van der Waals surface area contributed by atoms with Gasteiger partial charge in [0, 0.05) is 25.3 Å². The molecule has 2 rings (SSSR count). The minimum atomic E-state index is -0.0573. The topological polar surface area (TPSA) is 58.4 Å². The Balaban J connectivity index is 2.44. The Morgan fingerprint density at radius 1 is 1.35 bits per heavy atom. The monoisotopic (exact) mass is 275 g/mol. The van der Waals surface area contributed by atoms with E-state index >= 15 is 0 Å². The van der Waals surface area contributed by atoms with Crippen molar-refractivity contribution in [1.82, 2.24) is 5.32 Å². The fourth-order valence-electron chi connectivity index (χ4n) is 3.15. The number of benzene rings is 1. The second-order valence-electron chi connectivity index (χ2n) is 6.07. The normalized spacial score (nSPS) is 26.4. The summed E-state index contributed by atoms with van der Waals surface area (Å²) in [5.74, 6) is 1.18. The van der Waals surface area contributed by atoms with Crippen LogP contribution in [0.4, 0.5) is 11.4 Å². The van der Waals surface area contributed by atoms with Crippen LogP contribution in [0.3, 0.4) is 0 Å². The number of carbonyl (C=O) groups is 1. The average Bonchev–Trinajstić information content (AvgIpc) is 2.42. The van der Waals surface area contributed by atoms with Gasteiger partial charge in [0.05, 0.1) is 11.3 Å². The van der Waals surface area contributed by atoms with E-state index < -0.39 is 0 Å². The minimum Gasteiger partial charge on any atom is -0.399 e. The Labute approximate surface area is 121 Å². The molecule has 3 unspecified atom stereocenters. The van der Waals surface area contributed by atoms with Crippen LogP contribution in [0.1, 0.15) is 37.6 Å². The van der Waals surface area contributed by atoms with Crippen molar-refractivity contribution in [2.24, 2.45) is 11.8 Å². The number of nitrogens with zero attached hydrogens (tertiary/aromatic N) is 1. The number of nitrogens with one attached hydrogen (secondary N) is 1. The van der Waals surface area contributed by atoms with Crippen LogP contribution in [0.5, 0.6) is 0 Å². The molecule has 4 nitrogen and oxygen atoms in total. The maximum Gasteiger partial charge on any atom is 0.253 e. The van der Waals surface area contributed by atoms with E-state index in [1.54, 1.807) is 13.1 Å². The van der Waals surface area contributed by atoms with Crippen LogP contribution in [0.2, 0.25) is 0 Å². The van der Waals surface area contributed by atoms with Crippen molar-refractivity contribution >= 4 is 17.3 Å². The highest BCUT2D eigenvalue weighted by Gasteiger charge is 2.30. The Morgan fingerprint density at radius 2 is 2.05 bits per heavy atom. The summed E-state index contributed by atoms with van der Waals surface area (Å²) in [5.41, 5.74) is 8.29. The third kappa shape index (κ3) is 2.74. The lowest BCUT2D eigenvalue weighted by molar-refractivity contribution is 0.0963. The van der Waals surface area contributed by atoms with E-state index in [2.05, 4.69) is 31.0 Å². The van der Waals surface area contributed by atoms with Crippen LogP contribution in [0.25, 0.3) is 0 Å². The van der Waals surface area contributed by atoms with E-state index in [1.807, 2.05) is 12.1 Å². The molecule has 1 saturated heterocycles. The van der Waals surface area contributed by atoms with Crippen LogP contribution in [-0.2, 0) is 0 Å². The molecule has 1 aliphatic rings. The van der Waals surface area contributed by atoms with Gasteiger partial charge in [-0.05, 0) is 43.4 Å². The predicted octanol–water partition coefficient (Wildman–Crippen LogP) is 2.50. The molecule has 3 N–H and O–H groups in total. The number of hydrogen-bond acceptors (Lipinski definition) is 3. The maximum atomic E-state index is 12.1. The highest BCUT2D eigenvalue weighted by atomic mass is 16.1. The van der Waals surface area contributed by atoms with Gasteiger partial charge >= 0.3 is 0 Å². The first-order chi connectivity index (χ1) is 9.43. The molecule has 0 saturated carbocycles. The average molecular weight is 275 g/mol. The van der Waals surface area contributed by atoms with Gasteiger partial charge in [0.15, 0.2) is 0 Å². The number of hydrogen-bond donors (Lipinski definition) is 2. The van der Waals surface area contributed by atoms with Gasteiger partial charge in [-0.3, -0.25) is 4.79 Å². The van der Waals surface area contributed by atoms with Crippen molar-refractivity contribution in [1.29, 1.82) is 0 Å². The number of carbonyl (C=O) groups excluding carboxylic acids is 1. The Bertz CT molecular complexity index is 500. The van der Waals surface area contributed by atoms with Crippen LogP contribution >= 0.6 is 0 Å². The molecule has 0 aliphatic carbocycles. The summed E-state index contributed by atoms with van der Waals surface area (Å²) in [7, 11) is 1.66. The van der Waals surface area contributed by atoms with E-state index in [0.29, 0.717) is 29.1 Å². The van der Waals surface area contributed by atoms with Gasteiger partial charge in [0.25, 0.3) is 5.91 Å². The molecule has 20 heavy (non-hydrogen) atoms. The summed E-state index contributed by atoms with van der Waals surface area (Å²) in [4.78, 5) is 14.4. The van der Waals surface area contributed by atoms with Crippen LogP contribution in [0.15, 0.2) is 18.2 Å².